The molecular weight excluding hydrogens is 317 g/mol. The number of halogens is 2. The first-order chi connectivity index (χ1) is 10.0. The summed E-state index contributed by atoms with van der Waals surface area (Å²) < 4.78 is 10.1. The Balaban J connectivity index is 2.21. The van der Waals surface area contributed by atoms with Gasteiger partial charge in [-0.05, 0) is 31.5 Å². The zero-order valence-electron chi connectivity index (χ0n) is 11.7. The van der Waals surface area contributed by atoms with Gasteiger partial charge in [-0.15, -0.1) is 0 Å². The normalized spacial score (nSPS) is 10.0. The lowest BCUT2D eigenvalue weighted by Gasteiger charge is -2.09. The van der Waals surface area contributed by atoms with Crippen LogP contribution >= 0.6 is 23.2 Å². The van der Waals surface area contributed by atoms with Gasteiger partial charge in [0.1, 0.15) is 5.75 Å². The molecule has 116 valence electrons. The first-order valence-corrected chi connectivity index (χ1v) is 7.28. The highest BCUT2D eigenvalue weighted by molar-refractivity contribution is 6.35. The van der Waals surface area contributed by atoms with Gasteiger partial charge in [-0.3, -0.25) is 9.59 Å². The van der Waals surface area contributed by atoms with E-state index in [-0.39, 0.29) is 24.9 Å². The van der Waals surface area contributed by atoms with Crippen LogP contribution in [-0.2, 0) is 14.3 Å². The second-order valence-corrected chi connectivity index (χ2v) is 4.97. The number of carbonyl (C=O) groups excluding carboxylic acids is 2. The van der Waals surface area contributed by atoms with Crippen LogP contribution in [0.5, 0.6) is 5.75 Å². The average molecular weight is 334 g/mol. The van der Waals surface area contributed by atoms with E-state index in [0.29, 0.717) is 35.4 Å². The highest BCUT2D eigenvalue weighted by Gasteiger charge is 2.07. The van der Waals surface area contributed by atoms with Crippen molar-refractivity contribution in [2.45, 2.75) is 19.8 Å². The third-order valence-corrected chi connectivity index (χ3v) is 2.97. The molecule has 0 unspecified atom stereocenters. The van der Waals surface area contributed by atoms with Crippen molar-refractivity contribution in [2.24, 2.45) is 0 Å². The standard InChI is InChI=1S/C14H17Cl2NO4/c1-2-20-14(19)4-3-7-17-13(18)9-21-12-6-5-10(15)8-11(12)16/h5-6,8H,2-4,7,9H2,1H3,(H,17,18). The second kappa shape index (κ2) is 9.47. The average Bonchev–Trinajstić information content (AvgIpc) is 2.43. The highest BCUT2D eigenvalue weighted by Crippen LogP contribution is 2.27. The molecule has 7 heteroatoms. The van der Waals surface area contributed by atoms with E-state index in [1.165, 1.54) is 6.07 Å². The Morgan fingerprint density at radius 3 is 2.71 bits per heavy atom. The molecule has 1 amide bonds. The Morgan fingerprint density at radius 1 is 1.29 bits per heavy atom. The molecule has 5 nitrogen and oxygen atoms in total. The Labute approximate surface area is 133 Å². The molecule has 1 N–H and O–H groups in total. The monoisotopic (exact) mass is 333 g/mol. The van der Waals surface area contributed by atoms with Gasteiger partial charge < -0.3 is 14.8 Å². The number of ether oxygens (including phenoxy) is 2. The summed E-state index contributed by atoms with van der Waals surface area (Å²) in [7, 11) is 0. The van der Waals surface area contributed by atoms with Crippen LogP contribution in [0.2, 0.25) is 10.0 Å². The highest BCUT2D eigenvalue weighted by atomic mass is 35.5. The number of carbonyl (C=O) groups is 2. The molecule has 0 aliphatic carbocycles. The van der Waals surface area contributed by atoms with Crippen molar-refractivity contribution in [1.82, 2.24) is 5.32 Å². The van der Waals surface area contributed by atoms with Crippen LogP contribution < -0.4 is 10.1 Å². The van der Waals surface area contributed by atoms with E-state index in [0.717, 1.165) is 0 Å². The van der Waals surface area contributed by atoms with Crippen molar-refractivity contribution in [1.29, 1.82) is 0 Å². The zero-order chi connectivity index (χ0) is 15.7. The van der Waals surface area contributed by atoms with E-state index in [1.807, 2.05) is 0 Å². The van der Waals surface area contributed by atoms with Crippen molar-refractivity contribution in [2.75, 3.05) is 19.8 Å². The third kappa shape index (κ3) is 7.20. The maximum atomic E-state index is 11.5. The Bertz CT molecular complexity index is 494. The molecule has 0 aliphatic rings. The van der Waals surface area contributed by atoms with Gasteiger partial charge in [0.25, 0.3) is 5.91 Å². The minimum Gasteiger partial charge on any atom is -0.482 e. The molecule has 0 aliphatic heterocycles. The van der Waals surface area contributed by atoms with Gasteiger partial charge in [0.05, 0.1) is 11.6 Å². The summed E-state index contributed by atoms with van der Waals surface area (Å²) in [6, 6.07) is 4.76. The maximum Gasteiger partial charge on any atom is 0.305 e. The quantitative estimate of drug-likeness (QED) is 0.586. The molecule has 1 aromatic rings. The lowest BCUT2D eigenvalue weighted by Crippen LogP contribution is -2.30. The van der Waals surface area contributed by atoms with Crippen LogP contribution in [0.4, 0.5) is 0 Å². The van der Waals surface area contributed by atoms with E-state index in [1.54, 1.807) is 19.1 Å². The predicted molar refractivity (Wildman–Crippen MR) is 80.8 cm³/mol. The maximum absolute atomic E-state index is 11.5. The minimum atomic E-state index is -0.287. The number of nitrogens with one attached hydrogen (secondary N) is 1. The van der Waals surface area contributed by atoms with Crippen molar-refractivity contribution >= 4 is 35.1 Å². The lowest BCUT2D eigenvalue weighted by molar-refractivity contribution is -0.143. The molecule has 0 atom stereocenters. The third-order valence-electron chi connectivity index (χ3n) is 2.44. The number of benzene rings is 1. The SMILES string of the molecule is CCOC(=O)CCCNC(=O)COc1ccc(Cl)cc1Cl. The van der Waals surface area contributed by atoms with Crippen molar-refractivity contribution < 1.29 is 19.1 Å². The fraction of sp³-hybridized carbons (Fsp3) is 0.429. The van der Waals surface area contributed by atoms with E-state index in [2.05, 4.69) is 5.32 Å². The topological polar surface area (TPSA) is 64.6 Å². The summed E-state index contributed by atoms with van der Waals surface area (Å²) in [5, 5.41) is 3.48. The predicted octanol–water partition coefficient (Wildman–Crippen LogP) is 2.83. The van der Waals surface area contributed by atoms with Crippen LogP contribution in [0.1, 0.15) is 19.8 Å². The van der Waals surface area contributed by atoms with Gasteiger partial charge in [0, 0.05) is 18.0 Å². The van der Waals surface area contributed by atoms with Crippen molar-refractivity contribution in [3.8, 4) is 5.75 Å². The number of hydrogen-bond acceptors (Lipinski definition) is 4. The summed E-state index contributed by atoms with van der Waals surface area (Å²) in [5.41, 5.74) is 0. The number of amides is 1. The van der Waals surface area contributed by atoms with E-state index < -0.39 is 0 Å². The number of esters is 1. The van der Waals surface area contributed by atoms with Crippen LogP contribution in [0.15, 0.2) is 18.2 Å². The molecule has 0 saturated carbocycles. The van der Waals surface area contributed by atoms with E-state index >= 15 is 0 Å². The molecule has 0 saturated heterocycles. The van der Waals surface area contributed by atoms with Gasteiger partial charge in [0.2, 0.25) is 0 Å². The molecule has 0 bridgehead atoms. The molecule has 1 aromatic carbocycles. The zero-order valence-corrected chi connectivity index (χ0v) is 13.2. The van der Waals surface area contributed by atoms with Crippen LogP contribution in [0.25, 0.3) is 0 Å². The van der Waals surface area contributed by atoms with Crippen LogP contribution in [0.3, 0.4) is 0 Å². The molecule has 0 spiro atoms. The minimum absolute atomic E-state index is 0.152. The summed E-state index contributed by atoms with van der Waals surface area (Å²) in [6.07, 6.45) is 0.796. The fourth-order valence-corrected chi connectivity index (χ4v) is 1.94. The molecular formula is C14H17Cl2NO4. The lowest BCUT2D eigenvalue weighted by atomic mass is 10.3. The van der Waals surface area contributed by atoms with Gasteiger partial charge in [-0.25, -0.2) is 0 Å². The molecule has 21 heavy (non-hydrogen) atoms. The molecule has 0 radical (unpaired) electrons. The molecule has 0 heterocycles. The molecule has 1 rings (SSSR count). The number of hydrogen-bond donors (Lipinski definition) is 1. The summed E-state index contributed by atoms with van der Waals surface area (Å²) in [6.45, 7) is 2.34. The van der Waals surface area contributed by atoms with Gasteiger partial charge >= 0.3 is 5.97 Å². The molecule has 0 aromatic heterocycles. The van der Waals surface area contributed by atoms with Crippen molar-refractivity contribution in [3.05, 3.63) is 28.2 Å². The first-order valence-electron chi connectivity index (χ1n) is 6.53. The fourth-order valence-electron chi connectivity index (χ4n) is 1.48. The van der Waals surface area contributed by atoms with Crippen LogP contribution in [-0.4, -0.2) is 31.6 Å². The first kappa shape index (κ1) is 17.6. The van der Waals surface area contributed by atoms with E-state index in [9.17, 15) is 9.59 Å². The Kier molecular flexibility index (Phi) is 7.93. The number of rotatable bonds is 8. The summed E-state index contributed by atoms with van der Waals surface area (Å²) >= 11 is 11.7. The largest absolute Gasteiger partial charge is 0.482 e. The Hall–Kier alpha value is -1.46. The smallest absolute Gasteiger partial charge is 0.305 e. The molecule has 0 fully saturated rings. The summed E-state index contributed by atoms with van der Waals surface area (Å²) in [5.74, 6) is -0.163. The summed E-state index contributed by atoms with van der Waals surface area (Å²) in [4.78, 5) is 22.6. The van der Waals surface area contributed by atoms with Gasteiger partial charge in [-0.1, -0.05) is 23.2 Å². The van der Waals surface area contributed by atoms with E-state index in [4.69, 9.17) is 32.7 Å². The second-order valence-electron chi connectivity index (χ2n) is 4.12. The van der Waals surface area contributed by atoms with Gasteiger partial charge in [-0.2, -0.15) is 0 Å². The Morgan fingerprint density at radius 2 is 2.05 bits per heavy atom. The van der Waals surface area contributed by atoms with Crippen LogP contribution in [0, 0.1) is 0 Å². The van der Waals surface area contributed by atoms with Gasteiger partial charge in [0.15, 0.2) is 6.61 Å². The van der Waals surface area contributed by atoms with Crippen molar-refractivity contribution in [3.63, 3.8) is 0 Å².